The SMILES string of the molecule is O=C(c1cc(F)cc(F)c1)N1CCC(c2ccccc2)CC1. The number of carbonyl (C=O) groups is 1. The maximum atomic E-state index is 13.2. The Kier molecular flexibility index (Phi) is 4.18. The number of hydrogen-bond donors (Lipinski definition) is 0. The molecular weight excluding hydrogens is 284 g/mol. The summed E-state index contributed by atoms with van der Waals surface area (Å²) < 4.78 is 26.5. The van der Waals surface area contributed by atoms with Crippen molar-refractivity contribution >= 4 is 5.91 Å². The summed E-state index contributed by atoms with van der Waals surface area (Å²) in [6.07, 6.45) is 1.74. The number of halogens is 2. The van der Waals surface area contributed by atoms with E-state index in [1.165, 1.54) is 5.56 Å². The van der Waals surface area contributed by atoms with E-state index in [9.17, 15) is 13.6 Å². The first-order valence-electron chi connectivity index (χ1n) is 7.44. The smallest absolute Gasteiger partial charge is 0.254 e. The molecule has 1 saturated heterocycles. The largest absolute Gasteiger partial charge is 0.339 e. The second-order valence-electron chi connectivity index (χ2n) is 5.64. The molecule has 0 spiro atoms. The summed E-state index contributed by atoms with van der Waals surface area (Å²) in [5, 5.41) is 0. The van der Waals surface area contributed by atoms with Gasteiger partial charge in [-0.2, -0.15) is 0 Å². The van der Waals surface area contributed by atoms with Crippen LogP contribution >= 0.6 is 0 Å². The van der Waals surface area contributed by atoms with Gasteiger partial charge in [0, 0.05) is 24.7 Å². The Morgan fingerprint density at radius 2 is 1.55 bits per heavy atom. The molecular formula is C18H17F2NO. The van der Waals surface area contributed by atoms with Crippen molar-refractivity contribution in [1.29, 1.82) is 0 Å². The Bertz CT molecular complexity index is 644. The lowest BCUT2D eigenvalue weighted by Crippen LogP contribution is -2.38. The van der Waals surface area contributed by atoms with Crippen LogP contribution in [-0.2, 0) is 0 Å². The van der Waals surface area contributed by atoms with Crippen LogP contribution in [0.4, 0.5) is 8.78 Å². The zero-order valence-electron chi connectivity index (χ0n) is 12.1. The van der Waals surface area contributed by atoms with Crippen LogP contribution in [0, 0.1) is 11.6 Å². The number of amides is 1. The molecule has 1 amide bonds. The summed E-state index contributed by atoms with van der Waals surface area (Å²) in [5.41, 5.74) is 1.36. The third-order valence-electron chi connectivity index (χ3n) is 4.16. The van der Waals surface area contributed by atoms with Crippen molar-refractivity contribution in [2.75, 3.05) is 13.1 Å². The summed E-state index contributed by atoms with van der Waals surface area (Å²) in [5.74, 6) is -1.30. The van der Waals surface area contributed by atoms with Crippen LogP contribution in [-0.4, -0.2) is 23.9 Å². The molecule has 0 N–H and O–H groups in total. The monoisotopic (exact) mass is 301 g/mol. The molecule has 2 aromatic rings. The van der Waals surface area contributed by atoms with Gasteiger partial charge in [0.2, 0.25) is 0 Å². The molecule has 1 aliphatic heterocycles. The van der Waals surface area contributed by atoms with Crippen molar-refractivity contribution in [3.8, 4) is 0 Å². The van der Waals surface area contributed by atoms with Crippen LogP contribution in [0.1, 0.15) is 34.7 Å². The summed E-state index contributed by atoms with van der Waals surface area (Å²) in [7, 11) is 0. The maximum absolute atomic E-state index is 13.2. The molecule has 3 rings (SSSR count). The molecule has 0 atom stereocenters. The predicted octanol–water partition coefficient (Wildman–Crippen LogP) is 3.98. The van der Waals surface area contributed by atoms with E-state index in [0.717, 1.165) is 31.0 Å². The fourth-order valence-electron chi connectivity index (χ4n) is 3.00. The number of likely N-dealkylation sites (tertiary alicyclic amines) is 1. The van der Waals surface area contributed by atoms with Crippen molar-refractivity contribution in [3.63, 3.8) is 0 Å². The Balaban J connectivity index is 1.67. The number of rotatable bonds is 2. The molecule has 2 aromatic carbocycles. The van der Waals surface area contributed by atoms with E-state index in [2.05, 4.69) is 12.1 Å². The lowest BCUT2D eigenvalue weighted by molar-refractivity contribution is 0.0712. The molecule has 0 bridgehead atoms. The van der Waals surface area contributed by atoms with Crippen LogP contribution in [0.5, 0.6) is 0 Å². The van der Waals surface area contributed by atoms with Gasteiger partial charge >= 0.3 is 0 Å². The molecule has 22 heavy (non-hydrogen) atoms. The van der Waals surface area contributed by atoms with E-state index >= 15 is 0 Å². The minimum absolute atomic E-state index is 0.0793. The van der Waals surface area contributed by atoms with Crippen molar-refractivity contribution in [2.24, 2.45) is 0 Å². The fraction of sp³-hybridized carbons (Fsp3) is 0.278. The number of benzene rings is 2. The van der Waals surface area contributed by atoms with Gasteiger partial charge in [-0.3, -0.25) is 4.79 Å². The predicted molar refractivity (Wildman–Crippen MR) is 80.7 cm³/mol. The van der Waals surface area contributed by atoms with Gasteiger partial charge < -0.3 is 4.90 Å². The molecule has 1 fully saturated rings. The minimum atomic E-state index is -0.720. The van der Waals surface area contributed by atoms with Gasteiger partial charge in [-0.25, -0.2) is 8.78 Å². The minimum Gasteiger partial charge on any atom is -0.339 e. The van der Waals surface area contributed by atoms with Crippen LogP contribution in [0.3, 0.4) is 0 Å². The van der Waals surface area contributed by atoms with Gasteiger partial charge in [0.25, 0.3) is 5.91 Å². The number of hydrogen-bond acceptors (Lipinski definition) is 1. The molecule has 2 nitrogen and oxygen atoms in total. The standard InChI is InChI=1S/C18H17F2NO/c19-16-10-15(11-17(20)12-16)18(22)21-8-6-14(7-9-21)13-4-2-1-3-5-13/h1-5,10-12,14H,6-9H2. The second-order valence-corrected chi connectivity index (χ2v) is 5.64. The lowest BCUT2D eigenvalue weighted by atomic mass is 9.89. The zero-order valence-corrected chi connectivity index (χ0v) is 12.1. The molecule has 0 unspecified atom stereocenters. The first-order chi connectivity index (χ1) is 10.6. The topological polar surface area (TPSA) is 20.3 Å². The fourth-order valence-corrected chi connectivity index (χ4v) is 3.00. The highest BCUT2D eigenvalue weighted by Gasteiger charge is 2.25. The average Bonchev–Trinajstić information content (AvgIpc) is 2.54. The molecule has 0 saturated carbocycles. The van der Waals surface area contributed by atoms with Crippen molar-refractivity contribution in [1.82, 2.24) is 4.90 Å². The van der Waals surface area contributed by atoms with E-state index < -0.39 is 11.6 Å². The average molecular weight is 301 g/mol. The quantitative estimate of drug-likeness (QED) is 0.821. The highest BCUT2D eigenvalue weighted by Crippen LogP contribution is 2.28. The van der Waals surface area contributed by atoms with E-state index in [0.29, 0.717) is 19.0 Å². The Hall–Kier alpha value is -2.23. The molecule has 1 aliphatic rings. The highest BCUT2D eigenvalue weighted by molar-refractivity contribution is 5.94. The van der Waals surface area contributed by atoms with Crippen LogP contribution < -0.4 is 0 Å². The third-order valence-corrected chi connectivity index (χ3v) is 4.16. The second kappa shape index (κ2) is 6.26. The molecule has 0 aliphatic carbocycles. The Morgan fingerprint density at radius 1 is 0.955 bits per heavy atom. The maximum Gasteiger partial charge on any atom is 0.254 e. The molecule has 114 valence electrons. The Morgan fingerprint density at radius 3 is 2.14 bits per heavy atom. The number of piperidine rings is 1. The van der Waals surface area contributed by atoms with Crippen molar-refractivity contribution in [3.05, 3.63) is 71.3 Å². The lowest BCUT2D eigenvalue weighted by Gasteiger charge is -2.32. The molecule has 4 heteroatoms. The van der Waals surface area contributed by atoms with E-state index in [-0.39, 0.29) is 11.5 Å². The van der Waals surface area contributed by atoms with E-state index in [4.69, 9.17) is 0 Å². The van der Waals surface area contributed by atoms with E-state index in [1.54, 1.807) is 4.90 Å². The summed E-state index contributed by atoms with van der Waals surface area (Å²) in [4.78, 5) is 14.0. The van der Waals surface area contributed by atoms with Gasteiger partial charge in [-0.05, 0) is 36.5 Å². The van der Waals surface area contributed by atoms with Gasteiger partial charge in [-0.1, -0.05) is 30.3 Å². The van der Waals surface area contributed by atoms with Gasteiger partial charge in [-0.15, -0.1) is 0 Å². The van der Waals surface area contributed by atoms with Crippen molar-refractivity contribution < 1.29 is 13.6 Å². The molecule has 0 radical (unpaired) electrons. The first kappa shape index (κ1) is 14.7. The third kappa shape index (κ3) is 3.16. The molecule has 1 heterocycles. The number of nitrogens with zero attached hydrogens (tertiary/aromatic N) is 1. The van der Waals surface area contributed by atoms with Gasteiger partial charge in [0.15, 0.2) is 0 Å². The van der Waals surface area contributed by atoms with Crippen LogP contribution in [0.15, 0.2) is 48.5 Å². The Labute approximate surface area is 128 Å². The normalized spacial score (nSPS) is 15.8. The summed E-state index contributed by atoms with van der Waals surface area (Å²) in [6.45, 7) is 1.22. The van der Waals surface area contributed by atoms with E-state index in [1.807, 2.05) is 18.2 Å². The summed E-state index contributed by atoms with van der Waals surface area (Å²) in [6, 6.07) is 13.2. The zero-order chi connectivity index (χ0) is 15.5. The number of carbonyl (C=O) groups excluding carboxylic acids is 1. The van der Waals surface area contributed by atoms with Crippen LogP contribution in [0.25, 0.3) is 0 Å². The first-order valence-corrected chi connectivity index (χ1v) is 7.44. The van der Waals surface area contributed by atoms with Gasteiger partial charge in [0.05, 0.1) is 0 Å². The van der Waals surface area contributed by atoms with Gasteiger partial charge in [0.1, 0.15) is 11.6 Å². The molecule has 0 aromatic heterocycles. The highest BCUT2D eigenvalue weighted by atomic mass is 19.1. The summed E-state index contributed by atoms with van der Waals surface area (Å²) >= 11 is 0. The van der Waals surface area contributed by atoms with Crippen molar-refractivity contribution in [2.45, 2.75) is 18.8 Å². The van der Waals surface area contributed by atoms with Crippen LogP contribution in [0.2, 0.25) is 0 Å².